The molecule has 1 saturated heterocycles. The van der Waals surface area contributed by atoms with Gasteiger partial charge in [-0.3, -0.25) is 19.6 Å². The van der Waals surface area contributed by atoms with Gasteiger partial charge in [0.1, 0.15) is 18.2 Å². The summed E-state index contributed by atoms with van der Waals surface area (Å²) < 4.78 is 18.9. The number of ether oxygens (including phenoxy) is 1. The van der Waals surface area contributed by atoms with E-state index >= 15 is 0 Å². The molecule has 1 amide bonds. The van der Waals surface area contributed by atoms with Crippen LogP contribution in [-0.4, -0.2) is 54.7 Å². The lowest BCUT2D eigenvalue weighted by molar-refractivity contribution is -0.120. The Morgan fingerprint density at radius 1 is 1.34 bits per heavy atom. The highest BCUT2D eigenvalue weighted by molar-refractivity contribution is 6.30. The van der Waals surface area contributed by atoms with Crippen LogP contribution in [0.15, 0.2) is 35.5 Å². The second-order valence-corrected chi connectivity index (χ2v) is 8.06. The molecular weight excluding hydrogens is 437 g/mol. The number of pyridine rings is 1. The summed E-state index contributed by atoms with van der Waals surface area (Å²) in [5.74, 6) is -0.320. The van der Waals surface area contributed by atoms with Gasteiger partial charge in [-0.05, 0) is 31.2 Å². The van der Waals surface area contributed by atoms with Gasteiger partial charge in [0.15, 0.2) is 5.78 Å². The van der Waals surface area contributed by atoms with Gasteiger partial charge in [0.05, 0.1) is 35.1 Å². The van der Waals surface area contributed by atoms with Gasteiger partial charge in [-0.2, -0.15) is 0 Å². The predicted octanol–water partition coefficient (Wildman–Crippen LogP) is 2.18. The van der Waals surface area contributed by atoms with E-state index in [0.29, 0.717) is 28.4 Å². The van der Waals surface area contributed by atoms with Crippen LogP contribution in [0.2, 0.25) is 5.02 Å². The molecule has 4 rings (SSSR count). The lowest BCUT2D eigenvalue weighted by Gasteiger charge is -2.18. The van der Waals surface area contributed by atoms with E-state index < -0.39 is 5.82 Å². The molecule has 1 aromatic carbocycles. The average molecular weight is 460 g/mol. The van der Waals surface area contributed by atoms with Crippen LogP contribution in [-0.2, 0) is 11.3 Å². The number of carbonyl (C=O) groups excluding carboxylic acids is 2. The van der Waals surface area contributed by atoms with Crippen LogP contribution >= 0.6 is 11.6 Å². The molecule has 2 aliphatic rings. The van der Waals surface area contributed by atoms with Gasteiger partial charge in [0.25, 0.3) is 0 Å². The Morgan fingerprint density at radius 3 is 3.00 bits per heavy atom. The molecule has 8 nitrogen and oxygen atoms in total. The van der Waals surface area contributed by atoms with Crippen molar-refractivity contribution in [2.24, 2.45) is 4.99 Å². The summed E-state index contributed by atoms with van der Waals surface area (Å²) in [4.78, 5) is 33.6. The average Bonchev–Trinajstić information content (AvgIpc) is 3.28. The highest BCUT2D eigenvalue weighted by atomic mass is 35.5. The largest absolute Gasteiger partial charge is 0.488 e. The van der Waals surface area contributed by atoms with Gasteiger partial charge in [0.2, 0.25) is 5.91 Å². The number of hydrogen-bond donors (Lipinski definition) is 3. The van der Waals surface area contributed by atoms with Gasteiger partial charge >= 0.3 is 0 Å². The van der Waals surface area contributed by atoms with Crippen LogP contribution in [0, 0.1) is 5.82 Å². The molecule has 0 unspecified atom stereocenters. The number of amides is 1. The van der Waals surface area contributed by atoms with Crippen molar-refractivity contribution < 1.29 is 18.7 Å². The molecule has 1 fully saturated rings. The van der Waals surface area contributed by atoms with E-state index in [4.69, 9.17) is 16.3 Å². The summed E-state index contributed by atoms with van der Waals surface area (Å²) in [5.41, 5.74) is 2.08. The minimum absolute atomic E-state index is 0.0414. The summed E-state index contributed by atoms with van der Waals surface area (Å²) in [6, 6.07) is 5.85. The van der Waals surface area contributed by atoms with E-state index in [9.17, 15) is 14.0 Å². The molecule has 2 aliphatic heterocycles. The number of rotatable bonds is 8. The SMILES string of the molecule is O=C(CNCc1nccc2c1N=C(COc1ccc(F)c(Cl)c1)CC2=O)N[C@@H]1CCNC1. The maximum Gasteiger partial charge on any atom is 0.234 e. The van der Waals surface area contributed by atoms with Crippen molar-refractivity contribution in [2.75, 3.05) is 26.2 Å². The highest BCUT2D eigenvalue weighted by Crippen LogP contribution is 2.29. The van der Waals surface area contributed by atoms with Gasteiger partial charge in [-0.25, -0.2) is 4.39 Å². The fourth-order valence-electron chi connectivity index (χ4n) is 3.62. The number of aromatic nitrogens is 1. The summed E-state index contributed by atoms with van der Waals surface area (Å²) in [6.45, 7) is 2.18. The number of fused-ring (bicyclic) bond motifs is 1. The number of aliphatic imine (C=N–C) groups is 1. The van der Waals surface area contributed by atoms with Crippen molar-refractivity contribution in [1.82, 2.24) is 20.9 Å². The zero-order valence-corrected chi connectivity index (χ0v) is 18.0. The molecule has 3 heterocycles. The van der Waals surface area contributed by atoms with Crippen LogP contribution in [0.5, 0.6) is 5.75 Å². The van der Waals surface area contributed by atoms with Crippen molar-refractivity contribution in [3.63, 3.8) is 0 Å². The molecule has 32 heavy (non-hydrogen) atoms. The van der Waals surface area contributed by atoms with Crippen LogP contribution in [0.3, 0.4) is 0 Å². The number of nitrogens with one attached hydrogen (secondary N) is 3. The Balaban J connectivity index is 1.39. The van der Waals surface area contributed by atoms with Crippen molar-refractivity contribution in [3.05, 3.63) is 52.6 Å². The van der Waals surface area contributed by atoms with E-state index in [1.807, 2.05) is 0 Å². The monoisotopic (exact) mass is 459 g/mol. The first-order valence-electron chi connectivity index (χ1n) is 10.4. The van der Waals surface area contributed by atoms with Crippen LogP contribution < -0.4 is 20.7 Å². The number of Topliss-reactive ketones (excluding diaryl/α,β-unsaturated/α-hetero) is 1. The quantitative estimate of drug-likeness (QED) is 0.559. The molecular formula is C22H23ClFN5O3. The molecule has 10 heteroatoms. The number of ketones is 1. The third-order valence-electron chi connectivity index (χ3n) is 5.23. The Kier molecular flexibility index (Phi) is 7.09. The summed E-state index contributed by atoms with van der Waals surface area (Å²) in [7, 11) is 0. The Hall–Kier alpha value is -2.88. The Morgan fingerprint density at radius 2 is 2.22 bits per heavy atom. The third kappa shape index (κ3) is 5.48. The number of hydrogen-bond acceptors (Lipinski definition) is 7. The minimum Gasteiger partial charge on any atom is -0.488 e. The second kappa shape index (κ2) is 10.2. The predicted molar refractivity (Wildman–Crippen MR) is 118 cm³/mol. The van der Waals surface area contributed by atoms with E-state index in [2.05, 4.69) is 25.9 Å². The van der Waals surface area contributed by atoms with Crippen molar-refractivity contribution in [2.45, 2.75) is 25.4 Å². The lowest BCUT2D eigenvalue weighted by Crippen LogP contribution is -2.41. The number of nitrogens with zero attached hydrogens (tertiary/aromatic N) is 2. The maximum atomic E-state index is 13.3. The van der Waals surface area contributed by atoms with E-state index in [-0.39, 0.29) is 48.9 Å². The van der Waals surface area contributed by atoms with Crippen LogP contribution in [0.4, 0.5) is 10.1 Å². The second-order valence-electron chi connectivity index (χ2n) is 7.66. The van der Waals surface area contributed by atoms with Crippen molar-refractivity contribution in [1.29, 1.82) is 0 Å². The number of benzene rings is 1. The molecule has 0 aliphatic carbocycles. The van der Waals surface area contributed by atoms with Gasteiger partial charge in [-0.15, -0.1) is 0 Å². The maximum absolute atomic E-state index is 13.3. The molecule has 3 N–H and O–H groups in total. The third-order valence-corrected chi connectivity index (χ3v) is 5.52. The molecule has 0 bridgehead atoms. The zero-order valence-electron chi connectivity index (χ0n) is 17.3. The van der Waals surface area contributed by atoms with E-state index in [0.717, 1.165) is 19.5 Å². The zero-order chi connectivity index (χ0) is 22.5. The molecule has 0 radical (unpaired) electrons. The molecule has 1 atom stereocenters. The van der Waals surface area contributed by atoms with Crippen molar-refractivity contribution >= 4 is 34.7 Å². The van der Waals surface area contributed by atoms with Crippen LogP contribution in [0.25, 0.3) is 0 Å². The molecule has 0 spiro atoms. The van der Waals surface area contributed by atoms with Gasteiger partial charge in [0, 0.05) is 37.0 Å². The van der Waals surface area contributed by atoms with E-state index in [1.165, 1.54) is 18.2 Å². The first-order valence-corrected chi connectivity index (χ1v) is 10.7. The Bertz CT molecular complexity index is 1060. The fraction of sp³-hybridized carbons (Fsp3) is 0.364. The number of halogens is 2. The molecule has 168 valence electrons. The van der Waals surface area contributed by atoms with Crippen LogP contribution in [0.1, 0.15) is 28.9 Å². The molecule has 2 aromatic rings. The first-order chi connectivity index (χ1) is 15.5. The van der Waals surface area contributed by atoms with Gasteiger partial charge in [-0.1, -0.05) is 11.6 Å². The summed E-state index contributed by atoms with van der Waals surface area (Å²) in [5, 5.41) is 9.19. The van der Waals surface area contributed by atoms with Gasteiger partial charge < -0.3 is 20.7 Å². The first kappa shape index (κ1) is 22.3. The molecule has 0 saturated carbocycles. The minimum atomic E-state index is -0.532. The summed E-state index contributed by atoms with van der Waals surface area (Å²) >= 11 is 5.78. The lowest BCUT2D eigenvalue weighted by atomic mass is 10.00. The number of carbonyl (C=O) groups is 2. The Labute approximate surface area is 189 Å². The van der Waals surface area contributed by atoms with E-state index in [1.54, 1.807) is 12.3 Å². The standard InChI is InChI=1S/C22H23ClFN5O3/c23-17-8-15(1-2-18(17)24)32-12-14-7-20(30)16-4-6-27-19(22(16)29-14)10-26-11-21(31)28-13-3-5-25-9-13/h1-2,4,6,8,13,25-26H,3,5,7,9-12H2,(H,28,31)/t13-/m1/s1. The van der Waals surface area contributed by atoms with Crippen molar-refractivity contribution in [3.8, 4) is 5.75 Å². The fourth-order valence-corrected chi connectivity index (χ4v) is 3.79. The summed E-state index contributed by atoms with van der Waals surface area (Å²) in [6.07, 6.45) is 2.61. The highest BCUT2D eigenvalue weighted by Gasteiger charge is 2.23. The topological polar surface area (TPSA) is 105 Å². The molecule has 1 aromatic heterocycles. The normalized spacial score (nSPS) is 17.6. The smallest absolute Gasteiger partial charge is 0.234 e.